The van der Waals surface area contributed by atoms with Crippen LogP contribution in [0, 0.1) is 0 Å². The molecule has 19 heteroatoms. The zero-order valence-electron chi connectivity index (χ0n) is 24.4. The van der Waals surface area contributed by atoms with Gasteiger partial charge in [-0.3, -0.25) is 19.8 Å². The van der Waals surface area contributed by atoms with Gasteiger partial charge in [-0.25, -0.2) is 0 Å². The van der Waals surface area contributed by atoms with Gasteiger partial charge in [0, 0.05) is 62.6 Å². The fraction of sp³-hybridized carbons (Fsp3) is 0.133. The van der Waals surface area contributed by atoms with Crippen LogP contribution in [0.2, 0.25) is 0 Å². The minimum Gasteiger partial charge on any atom is -0.871 e. The molecule has 0 saturated carbocycles. The Morgan fingerprint density at radius 1 is 0.878 bits per heavy atom. The van der Waals surface area contributed by atoms with E-state index in [0.717, 1.165) is 12.4 Å². The van der Waals surface area contributed by atoms with Gasteiger partial charge in [-0.05, 0) is 81.2 Å². The summed E-state index contributed by atoms with van der Waals surface area (Å²) in [6.07, 6.45) is 12.4. The number of aliphatic imine (C=N–C) groups is 1. The molecule has 0 bridgehead atoms. The van der Waals surface area contributed by atoms with E-state index in [9.17, 15) is 29.7 Å². The minimum absolute atomic E-state index is 0. The number of aliphatic hydroxyl groups excluding tert-OH is 2. The second kappa shape index (κ2) is 25.4. The number of hydrogen-bond donors (Lipinski definition) is 2. The van der Waals surface area contributed by atoms with Gasteiger partial charge in [-0.2, -0.15) is 6.20 Å². The number of carboxylic acids is 2. The maximum atomic E-state index is 11.6. The van der Waals surface area contributed by atoms with Gasteiger partial charge < -0.3 is 45.9 Å². The Labute approximate surface area is 335 Å². The number of carbonyl (C=O) groups is 3. The van der Waals surface area contributed by atoms with Crippen molar-refractivity contribution in [3.63, 3.8) is 0 Å². The second-order valence-corrected chi connectivity index (χ2v) is 12.2. The molecule has 2 aromatic heterocycles. The van der Waals surface area contributed by atoms with Crippen molar-refractivity contribution in [2.75, 3.05) is 13.2 Å². The number of carboxylic acid groups (broad SMARTS) is 2. The number of allylic oxidation sites excluding steroid dienone is 5. The molecule has 2 atom stereocenters. The molecule has 3 aromatic rings. The molecule has 0 spiro atoms. The second-order valence-electron chi connectivity index (χ2n) is 8.67. The van der Waals surface area contributed by atoms with Gasteiger partial charge in [-0.15, -0.1) is 0 Å². The molecule has 4 N–H and O–H groups in total. The first kappa shape index (κ1) is 48.6. The number of carbonyl (C=O) groups excluding carboxylic acids is 3. The summed E-state index contributed by atoms with van der Waals surface area (Å²) in [5.74, 6) is -3.62. The molecule has 13 nitrogen and oxygen atoms in total. The number of ketones is 1. The van der Waals surface area contributed by atoms with E-state index in [1.807, 2.05) is 24.3 Å². The average molecular weight is 1030 g/mol. The molecule has 1 aliphatic rings. The number of nitrogens with zero attached hydrogens (tertiary/aromatic N) is 4. The SMILES string of the molecule is O.O=C([O-])[C@H](CO)N=Cc1cc(Br)cc(Br)c1[O-].O=C1C(Br)=CC(Br)=C/C1=C/[N-][C@@H](CO)C(=O)[O-].[Cu+2].[Cu+2].c1cc(-c2ccncc2)ccn1. The number of benzene rings is 1. The summed E-state index contributed by atoms with van der Waals surface area (Å²) in [6.45, 7) is -1.36. The van der Waals surface area contributed by atoms with Crippen molar-refractivity contribution in [1.82, 2.24) is 9.97 Å². The molecule has 0 saturated heterocycles. The Morgan fingerprint density at radius 2 is 1.41 bits per heavy atom. The van der Waals surface area contributed by atoms with Crippen LogP contribution in [-0.2, 0) is 48.5 Å². The summed E-state index contributed by atoms with van der Waals surface area (Å²) in [5, 5.41) is 53.6. The third kappa shape index (κ3) is 16.8. The molecule has 1 aromatic carbocycles. The van der Waals surface area contributed by atoms with E-state index in [2.05, 4.69) is 84.0 Å². The number of hydrogen-bond acceptors (Lipinski definition) is 11. The minimum atomic E-state index is -1.50. The Hall–Kier alpha value is -2.54. The van der Waals surface area contributed by atoms with Gasteiger partial charge in [0.25, 0.3) is 0 Å². The number of Topliss-reactive ketones (excluding diaryl/α,β-unsaturated/α-hetero) is 1. The quantitative estimate of drug-likeness (QED) is 0.178. The number of pyridine rings is 2. The van der Waals surface area contributed by atoms with E-state index in [1.54, 1.807) is 36.9 Å². The van der Waals surface area contributed by atoms with Crippen molar-refractivity contribution >= 4 is 87.7 Å². The van der Waals surface area contributed by atoms with E-state index in [4.69, 9.17) is 10.2 Å². The van der Waals surface area contributed by atoms with E-state index < -0.39 is 37.2 Å². The molecule has 0 fully saturated rings. The third-order valence-corrected chi connectivity index (χ3v) is 7.54. The number of aromatic nitrogens is 2. The van der Waals surface area contributed by atoms with Crippen LogP contribution in [0.25, 0.3) is 16.4 Å². The third-order valence-electron chi connectivity index (χ3n) is 5.45. The van der Waals surface area contributed by atoms with Gasteiger partial charge in [0.05, 0.1) is 17.1 Å². The Balaban J connectivity index is 0. The van der Waals surface area contributed by atoms with Crippen LogP contribution in [0.4, 0.5) is 0 Å². The van der Waals surface area contributed by atoms with Crippen LogP contribution < -0.4 is 15.3 Å². The average Bonchev–Trinajstić information content (AvgIpc) is 3.03. The molecule has 268 valence electrons. The van der Waals surface area contributed by atoms with Crippen molar-refractivity contribution in [1.29, 1.82) is 0 Å². The van der Waals surface area contributed by atoms with Crippen molar-refractivity contribution in [3.8, 4) is 16.9 Å². The summed E-state index contributed by atoms with van der Waals surface area (Å²) in [5.41, 5.74) is 2.77. The first-order valence-electron chi connectivity index (χ1n) is 12.7. The van der Waals surface area contributed by atoms with Crippen molar-refractivity contribution in [2.45, 2.75) is 12.1 Å². The molecule has 49 heavy (non-hydrogen) atoms. The maximum absolute atomic E-state index is 11.6. The first-order valence-corrected chi connectivity index (χ1v) is 15.9. The maximum Gasteiger partial charge on any atom is 2.00 e. The van der Waals surface area contributed by atoms with Crippen LogP contribution in [0.3, 0.4) is 0 Å². The predicted octanol–water partition coefficient (Wildman–Crippen LogP) is 1.62. The van der Waals surface area contributed by atoms with Crippen molar-refractivity contribution in [2.24, 2.45) is 4.99 Å². The first-order chi connectivity index (χ1) is 21.9. The van der Waals surface area contributed by atoms with Gasteiger partial charge in [-0.1, -0.05) is 59.6 Å². The van der Waals surface area contributed by atoms with Gasteiger partial charge in [0.15, 0.2) is 5.78 Å². The molecular formula is C30H24Br4Cu2N4O9. The van der Waals surface area contributed by atoms with Gasteiger partial charge in [0.1, 0.15) is 6.04 Å². The zero-order valence-corrected chi connectivity index (χ0v) is 32.6. The molecular weight excluding hydrogens is 1010 g/mol. The summed E-state index contributed by atoms with van der Waals surface area (Å²) >= 11 is 12.5. The molecule has 4 rings (SSSR count). The summed E-state index contributed by atoms with van der Waals surface area (Å²) in [4.78, 5) is 44.1. The van der Waals surface area contributed by atoms with Crippen molar-refractivity contribution < 1.29 is 79.5 Å². The number of aliphatic hydroxyl groups is 2. The monoisotopic (exact) mass is 1030 g/mol. The largest absolute Gasteiger partial charge is 2.00 e. The fourth-order valence-corrected chi connectivity index (χ4v) is 5.66. The van der Waals surface area contributed by atoms with E-state index in [1.165, 1.54) is 23.3 Å². The molecule has 0 amide bonds. The predicted molar refractivity (Wildman–Crippen MR) is 182 cm³/mol. The van der Waals surface area contributed by atoms with Crippen molar-refractivity contribution in [3.05, 3.63) is 114 Å². The van der Waals surface area contributed by atoms with E-state index in [-0.39, 0.29) is 62.3 Å². The Morgan fingerprint density at radius 3 is 1.86 bits per heavy atom. The van der Waals surface area contributed by atoms with Gasteiger partial charge >= 0.3 is 34.1 Å². The zero-order chi connectivity index (χ0) is 34.2. The summed E-state index contributed by atoms with van der Waals surface area (Å²) in [7, 11) is 0. The van der Waals surface area contributed by atoms with Crippen LogP contribution in [0.1, 0.15) is 5.56 Å². The normalized spacial score (nSPS) is 13.7. The smallest absolute Gasteiger partial charge is 0.871 e. The molecule has 2 radical (unpaired) electrons. The van der Waals surface area contributed by atoms with Crippen LogP contribution in [0.15, 0.2) is 108 Å². The number of aliphatic carboxylic acids is 2. The van der Waals surface area contributed by atoms with Gasteiger partial charge in [0.2, 0.25) is 0 Å². The summed E-state index contributed by atoms with van der Waals surface area (Å²) < 4.78 is 1.98. The Bertz CT molecular complexity index is 1610. The molecule has 0 unspecified atom stereocenters. The van der Waals surface area contributed by atoms with E-state index >= 15 is 0 Å². The molecule has 1 aliphatic carbocycles. The van der Waals surface area contributed by atoms with Crippen LogP contribution in [0.5, 0.6) is 5.75 Å². The summed E-state index contributed by atoms with van der Waals surface area (Å²) in [6, 6.07) is 8.26. The number of rotatable bonds is 9. The van der Waals surface area contributed by atoms with Crippen LogP contribution in [-0.4, -0.2) is 74.9 Å². The van der Waals surface area contributed by atoms with Crippen LogP contribution >= 0.6 is 63.7 Å². The molecule has 0 aliphatic heterocycles. The number of halogens is 4. The topological polar surface area (TPSA) is 245 Å². The van der Waals surface area contributed by atoms with E-state index in [0.29, 0.717) is 17.9 Å². The standard InChI is InChI=1S/2C10H9Br2NO4.C10H8N2.2Cu.H2O/c2*11-6-1-5(9(15)7(12)2-6)3-13-8(4-14)10(16)17;1-5-11-6-2-9(1)10-3-7-12-8-4-10;;;/h1-3,8,14H,4H2,(H2,13,15,16,17);1-3,8,14-15H,4H2,(H,16,17);1-8H;;;1H2/q;;;2*+2;/p-4/t2*8-;;;;/m00..../s1. The fourth-order valence-electron chi connectivity index (χ4n) is 3.15. The Kier molecular flexibility index (Phi) is 25.2. The molecule has 2 heterocycles.